The Kier molecular flexibility index (Phi) is 126. The molecule has 12 heterocycles. The van der Waals surface area contributed by atoms with Crippen molar-refractivity contribution in [3.05, 3.63) is 250 Å². The number of nitrogens with one attached hydrogen (secondary N) is 1. The van der Waals surface area contributed by atoms with E-state index in [4.69, 9.17) is 13.3 Å². The molecule has 0 bridgehead atoms. The number of hydrogen-bond donors (Lipinski definition) is 1. The molecule has 0 aromatic carbocycles. The summed E-state index contributed by atoms with van der Waals surface area (Å²) in [5, 5.41) is 19.5. The first-order chi connectivity index (χ1) is 60.2. The molecule has 0 aliphatic carbocycles. The third-order valence-corrected chi connectivity index (χ3v) is 16.0. The lowest BCUT2D eigenvalue weighted by Gasteiger charge is -2.00. The molecule has 1 N–H and O–H groups in total. The van der Waals surface area contributed by atoms with Crippen LogP contribution in [-0.2, 0) is 0 Å². The van der Waals surface area contributed by atoms with Crippen LogP contribution in [0.4, 0.5) is 0 Å². The second-order valence-corrected chi connectivity index (χ2v) is 28.6. The van der Waals surface area contributed by atoms with Gasteiger partial charge < -0.3 is 13.3 Å². The Balaban J connectivity index is -0.000000109. The first-order valence-corrected chi connectivity index (χ1v) is 49.1. The molecule has 0 fully saturated rings. The van der Waals surface area contributed by atoms with E-state index in [9.17, 15) is 0 Å². The molecule has 12 aromatic heterocycles. The summed E-state index contributed by atoms with van der Waals surface area (Å²) in [6, 6.07) is 11.8. The van der Waals surface area contributed by atoms with Crippen molar-refractivity contribution in [2.45, 2.75) is 403 Å². The van der Waals surface area contributed by atoms with E-state index < -0.39 is 0 Å². The number of H-pyrrole nitrogens is 1. The van der Waals surface area contributed by atoms with Crippen LogP contribution in [-0.4, -0.2) is 85.2 Å². The largest absolute Gasteiger partial charge is 0.451 e. The summed E-state index contributed by atoms with van der Waals surface area (Å²) in [7, 11) is 0. The smallest absolute Gasteiger partial charge is 0.196 e. The first-order valence-electron chi connectivity index (χ1n) is 46.4. The van der Waals surface area contributed by atoms with Crippen molar-refractivity contribution in [1.29, 1.82) is 0 Å². The average Bonchev–Trinajstić information content (AvgIpc) is 1.42. The van der Waals surface area contributed by atoms with Gasteiger partial charge in [-0.3, -0.25) is 25.0 Å². The molecule has 125 heavy (non-hydrogen) atoms. The van der Waals surface area contributed by atoms with E-state index in [-0.39, 0.29) is 0 Å². The van der Waals surface area contributed by atoms with Crippen molar-refractivity contribution in [2.75, 3.05) is 0 Å². The van der Waals surface area contributed by atoms with Gasteiger partial charge in [0.1, 0.15) is 30.4 Å². The molecule has 12 rings (SSSR count). The van der Waals surface area contributed by atoms with Crippen molar-refractivity contribution in [3.63, 3.8) is 0 Å². The van der Waals surface area contributed by atoms with E-state index in [1.807, 2.05) is 264 Å². The zero-order valence-corrected chi connectivity index (χ0v) is 90.8. The minimum Gasteiger partial charge on any atom is -0.451 e. The zero-order valence-electron chi connectivity index (χ0n) is 88.4. The molecule has 0 saturated carbocycles. The second-order valence-electron chi connectivity index (χ2n) is 26.1. The van der Waals surface area contributed by atoms with Crippen LogP contribution in [0.15, 0.2) is 196 Å². The van der Waals surface area contributed by atoms with Crippen molar-refractivity contribution in [1.82, 2.24) is 85.2 Å². The molecule has 0 aliphatic heterocycles. The highest BCUT2D eigenvalue weighted by atomic mass is 32.1. The SMILES string of the molecule is CC.CC.CC.CC.CC.CC.CC.CC.CC.CC.CC.CC.CC(C)c1ccccn1.CC(C)c1ccn[nH]1.CC(C)c1ccnnc1.CC(C)c1cnccn1.CC(C)c1cncnc1.CC(C)c1cnco1.CC(C)c1cncs1.CC(C)c1cocn1.CC(C)c1cscn1.CC(C)c1ncccn1.CC(C)c1ncco1.CC(C)c1nccs1. The number of nitrogens with zero attached hydrogens (tertiary/aromatic N) is 16. The van der Waals surface area contributed by atoms with Gasteiger partial charge in [0.25, 0.3) is 0 Å². The van der Waals surface area contributed by atoms with Crippen LogP contribution in [0.1, 0.15) is 470 Å². The third kappa shape index (κ3) is 89.8. The number of oxazole rings is 3. The van der Waals surface area contributed by atoms with Gasteiger partial charge in [0.15, 0.2) is 18.7 Å². The number of aromatic nitrogens is 17. The lowest BCUT2D eigenvalue weighted by Crippen LogP contribution is -1.93. The maximum Gasteiger partial charge on any atom is 0.196 e. The van der Waals surface area contributed by atoms with Crippen LogP contribution in [0.3, 0.4) is 0 Å². The van der Waals surface area contributed by atoms with Crippen LogP contribution < -0.4 is 0 Å². The number of thiazole rings is 3. The Morgan fingerprint density at radius 2 is 0.848 bits per heavy atom. The predicted molar refractivity (Wildman–Crippen MR) is 552 cm³/mol. The van der Waals surface area contributed by atoms with Gasteiger partial charge in [0.2, 0.25) is 0 Å². The summed E-state index contributed by atoms with van der Waals surface area (Å²) in [6.45, 7) is 98.8. The van der Waals surface area contributed by atoms with E-state index in [1.165, 1.54) is 45.2 Å². The van der Waals surface area contributed by atoms with Crippen molar-refractivity contribution in [2.24, 2.45) is 0 Å². The Morgan fingerprint density at radius 1 is 0.312 bits per heavy atom. The molecule has 12 aromatic rings. The van der Waals surface area contributed by atoms with Crippen molar-refractivity contribution < 1.29 is 13.3 Å². The zero-order chi connectivity index (χ0) is 99.3. The van der Waals surface area contributed by atoms with Crippen LogP contribution >= 0.6 is 34.0 Å². The number of rotatable bonds is 12. The lowest BCUT2D eigenvalue weighted by atomic mass is 10.1. The molecule has 0 atom stereocenters. The van der Waals surface area contributed by atoms with Gasteiger partial charge in [-0.1, -0.05) is 338 Å². The average molecular weight is 1800 g/mol. The highest BCUT2D eigenvalue weighted by Gasteiger charge is 2.05. The van der Waals surface area contributed by atoms with Crippen LogP contribution in [0.25, 0.3) is 0 Å². The van der Waals surface area contributed by atoms with E-state index in [0.29, 0.717) is 71.0 Å². The molecule has 0 amide bonds. The minimum atomic E-state index is 0.407. The molecule has 716 valence electrons. The molecule has 0 saturated heterocycles. The van der Waals surface area contributed by atoms with Gasteiger partial charge in [-0.25, -0.2) is 44.9 Å². The summed E-state index contributed by atoms with van der Waals surface area (Å²) < 4.78 is 14.7. The third-order valence-electron chi connectivity index (χ3n) is 13.2. The highest BCUT2D eigenvalue weighted by molar-refractivity contribution is 7.10. The van der Waals surface area contributed by atoms with Gasteiger partial charge in [-0.2, -0.15) is 15.3 Å². The predicted octanol–water partition coefficient (Wildman–Crippen LogP) is 34.6. The molecule has 0 spiro atoms. The summed E-state index contributed by atoms with van der Waals surface area (Å²) >= 11 is 5.10. The summed E-state index contributed by atoms with van der Waals surface area (Å²) in [5.41, 5.74) is 11.8. The maximum atomic E-state index is 4.98. The number of pyridine rings is 1. The van der Waals surface area contributed by atoms with E-state index >= 15 is 0 Å². The fourth-order valence-electron chi connectivity index (χ4n) is 6.85. The topological polar surface area (TPSA) is 261 Å². The van der Waals surface area contributed by atoms with E-state index in [2.05, 4.69) is 243 Å². The fourth-order valence-corrected chi connectivity index (χ4v) is 8.86. The first kappa shape index (κ1) is 142. The Hall–Kier alpha value is -8.80. The molecule has 0 aliphatic rings. The lowest BCUT2D eigenvalue weighted by molar-refractivity contribution is 0.471. The van der Waals surface area contributed by atoms with Crippen LogP contribution in [0.5, 0.6) is 0 Å². The number of aromatic amines is 1. The molecule has 20 nitrogen and oxygen atoms in total. The Bertz CT molecular complexity index is 2980. The standard InChI is InChI=1S/C8H11N.4C7H10N2.C6H10N2.3C6H9NO.3C6H9NS.12C2H6/c1-7(2)8-5-3-4-6-9-8;1-6(2)7-3-8-5-9-4-7;1-6(2)7-5-8-3-4-9-7;1-6(2)7-3-4-8-9-5-7;1-6(2)7-8-4-3-5-9-7;1-5(2)6-3-4-7-8-6;1-5(2)6-3-8-4-7-6;1-5(2)6-3-7-4-8-6;1-5(2)6-7-3-4-8-6;1-5(2)6-3-8-4-7-6;1-5(2)6-3-7-4-8-6;1-5(2)6-7-3-4-8-6;12*1-2/h3-7H,1-2H3;4*3-6H,1-2H3;3-5H,1-2H3,(H,7,8);6*3-5H,1-2H3;12*1-2H3. The number of hydrogen-bond acceptors (Lipinski definition) is 22. The van der Waals surface area contributed by atoms with Gasteiger partial charge in [0, 0.05) is 125 Å². The highest BCUT2D eigenvalue weighted by Crippen LogP contribution is 2.19. The van der Waals surface area contributed by atoms with Gasteiger partial charge in [0.05, 0.1) is 51.7 Å². The Labute approximate surface area is 780 Å². The van der Waals surface area contributed by atoms with Gasteiger partial charge in [-0.05, 0) is 88.8 Å². The van der Waals surface area contributed by atoms with Crippen molar-refractivity contribution >= 4 is 34.0 Å². The molecule has 0 unspecified atom stereocenters. The van der Waals surface area contributed by atoms with Crippen LogP contribution in [0, 0.1) is 0 Å². The van der Waals surface area contributed by atoms with Gasteiger partial charge in [-0.15, -0.1) is 34.0 Å². The molecular formula is C102H187N17O3S3. The molecule has 0 radical (unpaired) electrons. The van der Waals surface area contributed by atoms with E-state index in [0.717, 1.165) is 34.6 Å². The molecular weight excluding hydrogens is 1610 g/mol. The maximum absolute atomic E-state index is 4.98. The van der Waals surface area contributed by atoms with E-state index in [1.54, 1.807) is 115 Å². The monoisotopic (exact) mass is 1790 g/mol. The van der Waals surface area contributed by atoms with Crippen molar-refractivity contribution in [3.8, 4) is 0 Å². The summed E-state index contributed by atoms with van der Waals surface area (Å²) in [6.07, 6.45) is 34.4. The second kappa shape index (κ2) is 111. The quantitative estimate of drug-likeness (QED) is 0.119. The Morgan fingerprint density at radius 3 is 1.08 bits per heavy atom. The normalized spacial score (nSPS) is 8.86. The molecule has 23 heteroatoms. The van der Waals surface area contributed by atoms with Gasteiger partial charge >= 0.3 is 0 Å². The summed E-state index contributed by atoms with van der Waals surface area (Å²) in [4.78, 5) is 53.4. The minimum absolute atomic E-state index is 0.407. The summed E-state index contributed by atoms with van der Waals surface area (Å²) in [5.74, 6) is 8.96. The fraction of sp³-hybridized carbons (Fsp3) is 0.588. The van der Waals surface area contributed by atoms with Crippen LogP contribution in [0.2, 0.25) is 0 Å².